The lowest BCUT2D eigenvalue weighted by atomic mass is 9.98. The van der Waals surface area contributed by atoms with Crippen LogP contribution in [0.25, 0.3) is 0 Å². The largest absolute Gasteiger partial charge is 0.389 e. The zero-order valence-corrected chi connectivity index (χ0v) is 12.3. The van der Waals surface area contributed by atoms with Gasteiger partial charge in [-0.15, -0.1) is 0 Å². The summed E-state index contributed by atoms with van der Waals surface area (Å²) < 4.78 is 0. The van der Waals surface area contributed by atoms with Crippen LogP contribution >= 0.6 is 11.6 Å². The second kappa shape index (κ2) is 7.13. The highest BCUT2D eigenvalue weighted by Gasteiger charge is 2.20. The molecule has 0 fully saturated rings. The van der Waals surface area contributed by atoms with Crippen LogP contribution in [-0.4, -0.2) is 17.3 Å². The molecule has 0 heterocycles. The summed E-state index contributed by atoms with van der Waals surface area (Å²) in [4.78, 5) is 0. The Bertz CT molecular complexity index is 348. The molecule has 3 heteroatoms. The maximum absolute atomic E-state index is 10.2. The van der Waals surface area contributed by atoms with Crippen molar-refractivity contribution in [1.82, 2.24) is 5.32 Å². The summed E-state index contributed by atoms with van der Waals surface area (Å²) in [7, 11) is 0. The quantitative estimate of drug-likeness (QED) is 0.786. The van der Waals surface area contributed by atoms with E-state index in [1.807, 2.05) is 31.2 Å². The van der Waals surface area contributed by atoms with E-state index in [0.29, 0.717) is 6.54 Å². The number of hydrogen-bond donors (Lipinski definition) is 2. The smallest absolute Gasteiger partial charge is 0.0743 e. The Balaban J connectivity index is 2.60. The van der Waals surface area contributed by atoms with Crippen LogP contribution < -0.4 is 5.32 Å². The molecule has 0 bridgehead atoms. The minimum Gasteiger partial charge on any atom is -0.389 e. The maximum Gasteiger partial charge on any atom is 0.0743 e. The number of halogens is 1. The summed E-state index contributed by atoms with van der Waals surface area (Å²) >= 11 is 5.89. The second-order valence-corrected chi connectivity index (χ2v) is 5.58. The predicted octanol–water partition coefficient (Wildman–Crippen LogP) is 3.93. The van der Waals surface area contributed by atoms with Crippen molar-refractivity contribution in [1.29, 1.82) is 0 Å². The van der Waals surface area contributed by atoms with Crippen molar-refractivity contribution >= 4 is 11.6 Å². The molecule has 0 aliphatic rings. The van der Waals surface area contributed by atoms with Crippen LogP contribution in [0.3, 0.4) is 0 Å². The Kier molecular flexibility index (Phi) is 6.13. The molecular weight excluding hydrogens is 246 g/mol. The van der Waals surface area contributed by atoms with E-state index < -0.39 is 5.60 Å². The molecule has 1 rings (SSSR count). The Labute approximate surface area is 115 Å². The highest BCUT2D eigenvalue weighted by atomic mass is 35.5. The van der Waals surface area contributed by atoms with Crippen LogP contribution in [0.1, 0.15) is 51.6 Å². The highest BCUT2D eigenvalue weighted by molar-refractivity contribution is 6.30. The third kappa shape index (κ3) is 4.97. The van der Waals surface area contributed by atoms with Crippen molar-refractivity contribution in [2.24, 2.45) is 0 Å². The van der Waals surface area contributed by atoms with Crippen LogP contribution in [0.5, 0.6) is 0 Å². The van der Waals surface area contributed by atoms with E-state index in [9.17, 15) is 5.11 Å². The van der Waals surface area contributed by atoms with E-state index in [2.05, 4.69) is 19.2 Å². The first-order valence-corrected chi connectivity index (χ1v) is 7.07. The van der Waals surface area contributed by atoms with Gasteiger partial charge in [-0.25, -0.2) is 0 Å². The fourth-order valence-electron chi connectivity index (χ4n) is 2.16. The lowest BCUT2D eigenvalue weighted by Gasteiger charge is -2.27. The molecular formula is C15H24ClNO. The monoisotopic (exact) mass is 269 g/mol. The maximum atomic E-state index is 10.2. The van der Waals surface area contributed by atoms with Gasteiger partial charge in [0.25, 0.3) is 0 Å². The van der Waals surface area contributed by atoms with Crippen LogP contribution in [0, 0.1) is 0 Å². The third-order valence-electron chi connectivity index (χ3n) is 3.20. The molecule has 2 unspecified atom stereocenters. The van der Waals surface area contributed by atoms with Gasteiger partial charge >= 0.3 is 0 Å². The summed E-state index contributed by atoms with van der Waals surface area (Å²) in [6.07, 6.45) is 2.80. The Morgan fingerprint density at radius 2 is 1.89 bits per heavy atom. The number of rotatable bonds is 7. The Hall–Kier alpha value is -0.570. The molecule has 102 valence electrons. The number of nitrogens with one attached hydrogen (secondary N) is 1. The molecule has 1 aromatic rings. The van der Waals surface area contributed by atoms with Crippen LogP contribution in [-0.2, 0) is 0 Å². The molecule has 2 N–H and O–H groups in total. The van der Waals surface area contributed by atoms with E-state index in [0.717, 1.165) is 24.3 Å². The van der Waals surface area contributed by atoms with Gasteiger partial charge in [0.05, 0.1) is 5.60 Å². The zero-order chi connectivity index (χ0) is 13.6. The molecule has 0 aliphatic carbocycles. The van der Waals surface area contributed by atoms with E-state index in [-0.39, 0.29) is 6.04 Å². The Morgan fingerprint density at radius 1 is 1.28 bits per heavy atom. The summed E-state index contributed by atoms with van der Waals surface area (Å²) in [5.74, 6) is 0. The normalized spacial score (nSPS) is 16.3. The van der Waals surface area contributed by atoms with Gasteiger partial charge in [-0.3, -0.25) is 0 Å². The molecule has 0 saturated heterocycles. The fourth-order valence-corrected chi connectivity index (χ4v) is 2.29. The van der Waals surface area contributed by atoms with Crippen LogP contribution in [0.15, 0.2) is 24.3 Å². The number of aliphatic hydroxyl groups is 1. The van der Waals surface area contributed by atoms with Gasteiger partial charge in [0, 0.05) is 17.6 Å². The minimum absolute atomic E-state index is 0.269. The van der Waals surface area contributed by atoms with Crippen molar-refractivity contribution in [2.75, 3.05) is 6.54 Å². The SMILES string of the molecule is CCCC(C)(O)CNC(CC)c1ccc(Cl)cc1. The zero-order valence-electron chi connectivity index (χ0n) is 11.5. The van der Waals surface area contributed by atoms with Crippen molar-refractivity contribution in [3.05, 3.63) is 34.9 Å². The molecule has 0 radical (unpaired) electrons. The topological polar surface area (TPSA) is 32.3 Å². The fraction of sp³-hybridized carbons (Fsp3) is 0.600. The average molecular weight is 270 g/mol. The molecule has 0 aliphatic heterocycles. The molecule has 0 saturated carbocycles. The van der Waals surface area contributed by atoms with Gasteiger partial charge < -0.3 is 10.4 Å². The number of benzene rings is 1. The summed E-state index contributed by atoms with van der Waals surface area (Å²) in [5.41, 5.74) is 0.586. The molecule has 2 nitrogen and oxygen atoms in total. The van der Waals surface area contributed by atoms with E-state index in [1.165, 1.54) is 5.56 Å². The molecule has 1 aromatic carbocycles. The first-order chi connectivity index (χ1) is 8.48. The lowest BCUT2D eigenvalue weighted by Crippen LogP contribution is -2.39. The molecule has 0 spiro atoms. The molecule has 2 atom stereocenters. The standard InChI is InChI=1S/C15H24ClNO/c1-4-10-15(3,18)11-17-14(5-2)12-6-8-13(16)9-7-12/h6-9,14,17-18H,4-5,10-11H2,1-3H3. The van der Waals surface area contributed by atoms with Gasteiger partial charge in [0.1, 0.15) is 0 Å². The summed E-state index contributed by atoms with van der Waals surface area (Å²) in [6, 6.07) is 8.16. The first-order valence-electron chi connectivity index (χ1n) is 6.69. The highest BCUT2D eigenvalue weighted by Crippen LogP contribution is 2.20. The van der Waals surface area contributed by atoms with Gasteiger partial charge in [0.2, 0.25) is 0 Å². The van der Waals surface area contributed by atoms with Crippen LogP contribution in [0.4, 0.5) is 0 Å². The van der Waals surface area contributed by atoms with Crippen molar-refractivity contribution in [3.8, 4) is 0 Å². The van der Waals surface area contributed by atoms with Crippen molar-refractivity contribution < 1.29 is 5.11 Å². The van der Waals surface area contributed by atoms with Gasteiger partial charge in [-0.1, -0.05) is 44.0 Å². The minimum atomic E-state index is -0.630. The van der Waals surface area contributed by atoms with Gasteiger partial charge in [-0.2, -0.15) is 0 Å². The van der Waals surface area contributed by atoms with E-state index in [4.69, 9.17) is 11.6 Å². The lowest BCUT2D eigenvalue weighted by molar-refractivity contribution is 0.0470. The molecule has 18 heavy (non-hydrogen) atoms. The van der Waals surface area contributed by atoms with E-state index in [1.54, 1.807) is 0 Å². The molecule has 0 amide bonds. The Morgan fingerprint density at radius 3 is 2.39 bits per heavy atom. The summed E-state index contributed by atoms with van der Waals surface area (Å²) in [6.45, 7) is 6.73. The van der Waals surface area contributed by atoms with Gasteiger partial charge in [-0.05, 0) is 37.5 Å². The van der Waals surface area contributed by atoms with Crippen molar-refractivity contribution in [2.45, 2.75) is 51.7 Å². The van der Waals surface area contributed by atoms with Crippen LogP contribution in [0.2, 0.25) is 5.02 Å². The predicted molar refractivity (Wildman–Crippen MR) is 78.0 cm³/mol. The summed E-state index contributed by atoms with van der Waals surface area (Å²) in [5, 5.41) is 14.4. The molecule has 0 aromatic heterocycles. The average Bonchev–Trinajstić information content (AvgIpc) is 2.32. The van der Waals surface area contributed by atoms with Gasteiger partial charge in [0.15, 0.2) is 0 Å². The number of hydrogen-bond acceptors (Lipinski definition) is 2. The third-order valence-corrected chi connectivity index (χ3v) is 3.45. The van der Waals surface area contributed by atoms with Crippen molar-refractivity contribution in [3.63, 3.8) is 0 Å². The van der Waals surface area contributed by atoms with E-state index >= 15 is 0 Å². The second-order valence-electron chi connectivity index (χ2n) is 5.14. The first kappa shape index (κ1) is 15.5.